The first-order valence-electron chi connectivity index (χ1n) is 12.5. The SMILES string of the molecule is COc1cc(/C=C2\SC(=Nc3ccc(Cl)cc3)N(c3ccc(Cl)cc3)C2=O)cc(I)c1OCC(=O)Nc1ccccc1. The Morgan fingerprint density at radius 3 is 2.33 bits per heavy atom. The number of anilines is 2. The van der Waals surface area contributed by atoms with Crippen molar-refractivity contribution in [2.45, 2.75) is 0 Å². The van der Waals surface area contributed by atoms with Gasteiger partial charge in [-0.2, -0.15) is 0 Å². The number of para-hydroxylation sites is 1. The first-order valence-corrected chi connectivity index (χ1v) is 15.1. The second kappa shape index (κ2) is 13.6. The molecule has 11 heteroatoms. The van der Waals surface area contributed by atoms with E-state index in [-0.39, 0.29) is 18.4 Å². The van der Waals surface area contributed by atoms with Crippen LogP contribution in [0.15, 0.2) is 101 Å². The fraction of sp³-hybridized carbons (Fsp3) is 0.0645. The number of amidine groups is 1. The van der Waals surface area contributed by atoms with E-state index < -0.39 is 0 Å². The van der Waals surface area contributed by atoms with E-state index in [1.165, 1.54) is 18.9 Å². The molecule has 4 aromatic rings. The Morgan fingerprint density at radius 1 is 1.00 bits per heavy atom. The summed E-state index contributed by atoms with van der Waals surface area (Å²) in [5.41, 5.74) is 2.69. The molecule has 1 saturated heterocycles. The number of nitrogens with zero attached hydrogens (tertiary/aromatic N) is 2. The lowest BCUT2D eigenvalue weighted by Gasteiger charge is -2.15. The molecule has 1 heterocycles. The molecular weight excluding hydrogens is 708 g/mol. The minimum absolute atomic E-state index is 0.198. The van der Waals surface area contributed by atoms with Crippen LogP contribution in [0.1, 0.15) is 5.56 Å². The van der Waals surface area contributed by atoms with Crippen LogP contribution in [0.5, 0.6) is 11.5 Å². The lowest BCUT2D eigenvalue weighted by Crippen LogP contribution is -2.28. The second-order valence-electron chi connectivity index (χ2n) is 8.84. The van der Waals surface area contributed by atoms with Gasteiger partial charge in [-0.05, 0) is 119 Å². The van der Waals surface area contributed by atoms with Crippen molar-refractivity contribution in [3.05, 3.63) is 115 Å². The molecule has 1 fully saturated rings. The van der Waals surface area contributed by atoms with Crippen molar-refractivity contribution in [3.63, 3.8) is 0 Å². The first kappa shape index (κ1) is 30.0. The number of thioether (sulfide) groups is 1. The number of amides is 2. The summed E-state index contributed by atoms with van der Waals surface area (Å²) in [5, 5.41) is 4.44. The fourth-order valence-electron chi connectivity index (χ4n) is 3.96. The third-order valence-corrected chi connectivity index (χ3v) is 8.17. The van der Waals surface area contributed by atoms with Crippen molar-refractivity contribution in [2.75, 3.05) is 23.9 Å². The van der Waals surface area contributed by atoms with Gasteiger partial charge in [0.1, 0.15) is 0 Å². The Labute approximate surface area is 270 Å². The van der Waals surface area contributed by atoms with E-state index in [0.29, 0.717) is 52.2 Å². The highest BCUT2D eigenvalue weighted by atomic mass is 127. The predicted octanol–water partition coefficient (Wildman–Crippen LogP) is 8.43. The van der Waals surface area contributed by atoms with Crippen LogP contribution in [0.2, 0.25) is 10.0 Å². The molecule has 1 aliphatic heterocycles. The molecule has 42 heavy (non-hydrogen) atoms. The molecule has 1 N–H and O–H groups in total. The van der Waals surface area contributed by atoms with Crippen LogP contribution in [0.25, 0.3) is 6.08 Å². The number of nitrogens with one attached hydrogen (secondary N) is 1. The highest BCUT2D eigenvalue weighted by Crippen LogP contribution is 2.40. The van der Waals surface area contributed by atoms with Crippen LogP contribution in [-0.2, 0) is 9.59 Å². The smallest absolute Gasteiger partial charge is 0.271 e. The van der Waals surface area contributed by atoms with Crippen LogP contribution >= 0.6 is 57.6 Å². The number of benzene rings is 4. The number of hydrogen-bond acceptors (Lipinski definition) is 6. The molecular formula is C31H22Cl2IN3O4S. The third kappa shape index (κ3) is 7.27. The Morgan fingerprint density at radius 2 is 1.67 bits per heavy atom. The van der Waals surface area contributed by atoms with Crippen LogP contribution in [0, 0.1) is 3.57 Å². The van der Waals surface area contributed by atoms with E-state index in [2.05, 4.69) is 27.9 Å². The van der Waals surface area contributed by atoms with E-state index in [1.807, 2.05) is 24.3 Å². The van der Waals surface area contributed by atoms with Gasteiger partial charge in [0.2, 0.25) is 0 Å². The summed E-state index contributed by atoms with van der Waals surface area (Å²) >= 11 is 15.5. The topological polar surface area (TPSA) is 80.2 Å². The monoisotopic (exact) mass is 729 g/mol. The van der Waals surface area contributed by atoms with Gasteiger partial charge in [-0.25, -0.2) is 4.99 Å². The lowest BCUT2D eigenvalue weighted by atomic mass is 10.1. The van der Waals surface area contributed by atoms with Gasteiger partial charge in [0.15, 0.2) is 23.3 Å². The molecule has 0 saturated carbocycles. The van der Waals surface area contributed by atoms with E-state index >= 15 is 0 Å². The zero-order valence-electron chi connectivity index (χ0n) is 22.0. The highest BCUT2D eigenvalue weighted by molar-refractivity contribution is 14.1. The summed E-state index contributed by atoms with van der Waals surface area (Å²) in [4.78, 5) is 32.8. The van der Waals surface area contributed by atoms with Gasteiger partial charge in [0.05, 0.1) is 27.0 Å². The molecule has 4 aromatic carbocycles. The number of aliphatic imine (C=N–C) groups is 1. The molecule has 0 bridgehead atoms. The van der Waals surface area contributed by atoms with Crippen LogP contribution in [0.4, 0.5) is 17.1 Å². The van der Waals surface area contributed by atoms with Gasteiger partial charge in [-0.3, -0.25) is 14.5 Å². The number of ether oxygens (including phenoxy) is 2. The molecule has 7 nitrogen and oxygen atoms in total. The van der Waals surface area contributed by atoms with Gasteiger partial charge in [-0.15, -0.1) is 0 Å². The van der Waals surface area contributed by atoms with Crippen LogP contribution < -0.4 is 19.7 Å². The zero-order valence-corrected chi connectivity index (χ0v) is 26.5. The Hall–Kier alpha value is -3.51. The highest BCUT2D eigenvalue weighted by Gasteiger charge is 2.35. The quantitative estimate of drug-likeness (QED) is 0.146. The number of halogens is 3. The maximum atomic E-state index is 13.7. The molecule has 0 radical (unpaired) electrons. The Kier molecular flexibility index (Phi) is 9.73. The van der Waals surface area contributed by atoms with E-state index in [9.17, 15) is 9.59 Å². The average molecular weight is 730 g/mol. The van der Waals surface area contributed by atoms with Crippen molar-refractivity contribution in [1.29, 1.82) is 0 Å². The molecule has 0 spiro atoms. The number of carbonyl (C=O) groups excluding carboxylic acids is 2. The van der Waals surface area contributed by atoms with Gasteiger partial charge in [0, 0.05) is 15.7 Å². The van der Waals surface area contributed by atoms with Crippen molar-refractivity contribution in [2.24, 2.45) is 4.99 Å². The second-order valence-corrected chi connectivity index (χ2v) is 11.9. The molecule has 0 aromatic heterocycles. The predicted molar refractivity (Wildman–Crippen MR) is 179 cm³/mol. The molecule has 0 aliphatic carbocycles. The number of hydrogen-bond donors (Lipinski definition) is 1. The maximum Gasteiger partial charge on any atom is 0.271 e. The summed E-state index contributed by atoms with van der Waals surface area (Å²) in [7, 11) is 1.52. The minimum atomic E-state index is -0.298. The minimum Gasteiger partial charge on any atom is -0.493 e. The first-order chi connectivity index (χ1) is 20.3. The molecule has 0 unspecified atom stereocenters. The van der Waals surface area contributed by atoms with E-state index in [0.717, 1.165) is 5.56 Å². The van der Waals surface area contributed by atoms with Gasteiger partial charge >= 0.3 is 0 Å². The standard InChI is InChI=1S/C31H22Cl2IN3O4S/c1-40-26-16-19(15-25(34)29(26)41-18-28(38)35-22-5-3-2-4-6-22)17-27-30(39)37(24-13-9-21(33)10-14-24)31(42-27)36-23-11-7-20(32)8-12-23/h2-17H,18H2,1H3,(H,35,38)/b27-17-,36-31?. The zero-order chi connectivity index (χ0) is 29.6. The van der Waals surface area contributed by atoms with Crippen molar-refractivity contribution < 1.29 is 19.1 Å². The van der Waals surface area contributed by atoms with Crippen molar-refractivity contribution in [1.82, 2.24) is 0 Å². The van der Waals surface area contributed by atoms with Gasteiger partial charge in [-0.1, -0.05) is 41.4 Å². The average Bonchev–Trinajstić information content (AvgIpc) is 3.28. The number of carbonyl (C=O) groups is 2. The summed E-state index contributed by atoms with van der Waals surface area (Å²) in [6.45, 7) is -0.198. The number of rotatable bonds is 8. The lowest BCUT2D eigenvalue weighted by molar-refractivity contribution is -0.118. The molecule has 2 amide bonds. The molecule has 0 atom stereocenters. The summed E-state index contributed by atoms with van der Waals surface area (Å²) < 4.78 is 12.1. The van der Waals surface area contributed by atoms with Crippen LogP contribution in [0.3, 0.4) is 0 Å². The van der Waals surface area contributed by atoms with Crippen LogP contribution in [-0.4, -0.2) is 30.7 Å². The fourth-order valence-corrected chi connectivity index (χ4v) is 6.00. The number of methoxy groups -OCH3 is 1. The summed E-state index contributed by atoms with van der Waals surface area (Å²) in [6, 6.07) is 26.8. The van der Waals surface area contributed by atoms with Gasteiger partial charge in [0.25, 0.3) is 11.8 Å². The molecule has 1 aliphatic rings. The van der Waals surface area contributed by atoms with E-state index in [4.69, 9.17) is 37.7 Å². The summed E-state index contributed by atoms with van der Waals surface area (Å²) in [6.07, 6.45) is 1.77. The van der Waals surface area contributed by atoms with E-state index in [1.54, 1.807) is 77.7 Å². The Bertz CT molecular complexity index is 1680. The van der Waals surface area contributed by atoms with Gasteiger partial charge < -0.3 is 14.8 Å². The van der Waals surface area contributed by atoms with Crippen molar-refractivity contribution in [3.8, 4) is 11.5 Å². The van der Waals surface area contributed by atoms with Crippen molar-refractivity contribution >= 4 is 97.7 Å². The maximum absolute atomic E-state index is 13.7. The Balaban J connectivity index is 1.41. The summed E-state index contributed by atoms with van der Waals surface area (Å²) in [5.74, 6) is 0.331. The third-order valence-electron chi connectivity index (χ3n) is 5.90. The molecule has 5 rings (SSSR count). The molecule has 212 valence electrons. The normalized spacial score (nSPS) is 14.9. The largest absolute Gasteiger partial charge is 0.493 e.